The molecule has 0 fully saturated rings. The minimum absolute atomic E-state index is 0.00917. The lowest BCUT2D eigenvalue weighted by atomic mass is 9.80. The molecule has 1 N–H and O–H groups in total. The highest BCUT2D eigenvalue weighted by Gasteiger charge is 2.29. The Kier molecular flexibility index (Phi) is 4.94. The third-order valence-corrected chi connectivity index (χ3v) is 2.60. The highest BCUT2D eigenvalue weighted by molar-refractivity contribution is 5.16. The van der Waals surface area contributed by atoms with Gasteiger partial charge in [0.25, 0.3) is 0 Å². The van der Waals surface area contributed by atoms with E-state index in [1.54, 1.807) is 6.92 Å². The van der Waals surface area contributed by atoms with Gasteiger partial charge in [-0.15, -0.1) is 6.42 Å². The lowest BCUT2D eigenvalue weighted by Gasteiger charge is -2.29. The van der Waals surface area contributed by atoms with Crippen LogP contribution in [0.15, 0.2) is 12.2 Å². The Hall–Kier alpha value is -0.740. The van der Waals surface area contributed by atoms with Gasteiger partial charge in [0, 0.05) is 5.92 Å². The van der Waals surface area contributed by atoms with Gasteiger partial charge in [-0.3, -0.25) is 0 Å². The Labute approximate surface area is 88.2 Å². The molecule has 0 aromatic carbocycles. The van der Waals surface area contributed by atoms with Crippen molar-refractivity contribution in [2.75, 3.05) is 0 Å². The molecular weight excluding hydrogens is 172 g/mol. The minimum Gasteiger partial charge on any atom is -0.377 e. The van der Waals surface area contributed by atoms with Gasteiger partial charge in [-0.25, -0.2) is 0 Å². The second kappa shape index (κ2) is 5.22. The van der Waals surface area contributed by atoms with Crippen LogP contribution in [0, 0.1) is 24.2 Å². The van der Waals surface area contributed by atoms with Gasteiger partial charge >= 0.3 is 0 Å². The van der Waals surface area contributed by atoms with Crippen LogP contribution in [0.5, 0.6) is 0 Å². The highest BCUT2D eigenvalue weighted by atomic mass is 16.3. The van der Waals surface area contributed by atoms with Crippen LogP contribution in [-0.4, -0.2) is 10.7 Å². The summed E-state index contributed by atoms with van der Waals surface area (Å²) in [5.41, 5.74) is -0.0885. The Morgan fingerprint density at radius 2 is 2.00 bits per heavy atom. The zero-order valence-corrected chi connectivity index (χ0v) is 9.80. The molecule has 2 unspecified atom stereocenters. The fourth-order valence-electron chi connectivity index (χ4n) is 1.61. The van der Waals surface area contributed by atoms with Crippen molar-refractivity contribution in [3.8, 4) is 12.3 Å². The number of terminal acetylenes is 1. The van der Waals surface area contributed by atoms with E-state index in [0.717, 1.165) is 18.4 Å². The molecule has 0 aromatic rings. The quantitative estimate of drug-likeness (QED) is 0.527. The smallest absolute Gasteiger partial charge is 0.128 e. The third-order valence-electron chi connectivity index (χ3n) is 2.60. The predicted octanol–water partition coefficient (Wildman–Crippen LogP) is 3.00. The maximum absolute atomic E-state index is 9.97. The lowest BCUT2D eigenvalue weighted by Crippen LogP contribution is -2.33. The number of hydrogen-bond acceptors (Lipinski definition) is 1. The van der Waals surface area contributed by atoms with Crippen LogP contribution >= 0.6 is 0 Å². The van der Waals surface area contributed by atoms with E-state index in [-0.39, 0.29) is 5.92 Å². The summed E-state index contributed by atoms with van der Waals surface area (Å²) in [6.07, 6.45) is 7.28. The van der Waals surface area contributed by atoms with E-state index in [9.17, 15) is 5.11 Å². The van der Waals surface area contributed by atoms with Gasteiger partial charge < -0.3 is 5.11 Å². The van der Waals surface area contributed by atoms with Crippen LogP contribution in [0.4, 0.5) is 0 Å². The van der Waals surface area contributed by atoms with Gasteiger partial charge in [0.05, 0.1) is 0 Å². The average Bonchev–Trinajstić information content (AvgIpc) is 2.03. The summed E-state index contributed by atoms with van der Waals surface area (Å²) in [7, 11) is 0. The van der Waals surface area contributed by atoms with Gasteiger partial charge in [-0.05, 0) is 26.2 Å². The molecule has 0 saturated heterocycles. The Morgan fingerprint density at radius 3 is 2.29 bits per heavy atom. The first-order valence-electron chi connectivity index (χ1n) is 5.16. The summed E-state index contributed by atoms with van der Waals surface area (Å²) >= 11 is 0. The molecule has 1 heteroatoms. The molecule has 14 heavy (non-hydrogen) atoms. The first-order valence-corrected chi connectivity index (χ1v) is 5.16. The zero-order valence-electron chi connectivity index (χ0n) is 9.80. The second-order valence-electron chi connectivity index (χ2n) is 4.66. The van der Waals surface area contributed by atoms with Crippen LogP contribution in [0.25, 0.3) is 0 Å². The molecule has 1 nitrogen and oxygen atoms in total. The van der Waals surface area contributed by atoms with Gasteiger partial charge in [0.2, 0.25) is 0 Å². The monoisotopic (exact) mass is 194 g/mol. The van der Waals surface area contributed by atoms with Crippen molar-refractivity contribution in [2.45, 2.75) is 46.1 Å². The molecule has 0 rings (SSSR count). The van der Waals surface area contributed by atoms with Crippen LogP contribution in [0.3, 0.4) is 0 Å². The van der Waals surface area contributed by atoms with Gasteiger partial charge in [0.15, 0.2) is 0 Å². The van der Waals surface area contributed by atoms with Crippen molar-refractivity contribution in [1.29, 1.82) is 0 Å². The van der Waals surface area contributed by atoms with E-state index < -0.39 is 5.60 Å². The molecule has 0 saturated carbocycles. The topological polar surface area (TPSA) is 20.2 Å². The highest BCUT2D eigenvalue weighted by Crippen LogP contribution is 2.29. The summed E-state index contributed by atoms with van der Waals surface area (Å²) < 4.78 is 0. The molecule has 0 spiro atoms. The predicted molar refractivity (Wildman–Crippen MR) is 61.8 cm³/mol. The Balaban J connectivity index is 4.48. The van der Waals surface area contributed by atoms with E-state index in [2.05, 4.69) is 26.3 Å². The van der Waals surface area contributed by atoms with Crippen molar-refractivity contribution in [2.24, 2.45) is 11.8 Å². The fraction of sp³-hybridized carbons (Fsp3) is 0.692. The van der Waals surface area contributed by atoms with Crippen LogP contribution in [0.2, 0.25) is 0 Å². The molecule has 2 atom stereocenters. The molecule has 0 bridgehead atoms. The Bertz CT molecular complexity index is 230. The largest absolute Gasteiger partial charge is 0.377 e. The SMILES string of the molecule is C#CC(C)(O)C(CCC(C)C)C(=C)C. The Morgan fingerprint density at radius 1 is 1.50 bits per heavy atom. The first-order chi connectivity index (χ1) is 6.31. The molecule has 0 aliphatic carbocycles. The van der Waals surface area contributed by atoms with Crippen molar-refractivity contribution >= 4 is 0 Å². The molecule has 0 heterocycles. The molecule has 0 radical (unpaired) electrons. The average molecular weight is 194 g/mol. The van der Waals surface area contributed by atoms with E-state index >= 15 is 0 Å². The summed E-state index contributed by atoms with van der Waals surface area (Å²) in [5, 5.41) is 9.97. The van der Waals surface area contributed by atoms with Crippen LogP contribution in [0.1, 0.15) is 40.5 Å². The molecule has 0 amide bonds. The van der Waals surface area contributed by atoms with E-state index in [0.29, 0.717) is 5.92 Å². The minimum atomic E-state index is -1.05. The van der Waals surface area contributed by atoms with Crippen molar-refractivity contribution in [3.05, 3.63) is 12.2 Å². The summed E-state index contributed by atoms with van der Waals surface area (Å²) in [6, 6.07) is 0. The molecule has 0 aliphatic rings. The zero-order chi connectivity index (χ0) is 11.4. The summed E-state index contributed by atoms with van der Waals surface area (Å²) in [6.45, 7) is 11.8. The van der Waals surface area contributed by atoms with Gasteiger partial charge in [-0.1, -0.05) is 38.3 Å². The van der Waals surface area contributed by atoms with Crippen molar-refractivity contribution < 1.29 is 5.11 Å². The maximum atomic E-state index is 9.97. The third kappa shape index (κ3) is 3.98. The number of hydrogen-bond donors (Lipinski definition) is 1. The maximum Gasteiger partial charge on any atom is 0.128 e. The second-order valence-corrected chi connectivity index (χ2v) is 4.66. The van der Waals surface area contributed by atoms with Gasteiger partial charge in [0.1, 0.15) is 5.60 Å². The van der Waals surface area contributed by atoms with Crippen molar-refractivity contribution in [1.82, 2.24) is 0 Å². The normalized spacial score (nSPS) is 17.2. The van der Waals surface area contributed by atoms with Crippen LogP contribution in [-0.2, 0) is 0 Å². The summed E-state index contributed by atoms with van der Waals surface area (Å²) in [4.78, 5) is 0. The van der Waals surface area contributed by atoms with Crippen LogP contribution < -0.4 is 0 Å². The van der Waals surface area contributed by atoms with E-state index in [4.69, 9.17) is 6.42 Å². The molecule has 0 aromatic heterocycles. The molecular formula is C13H22O. The standard InChI is InChI=1S/C13H22O/c1-7-13(6,14)12(11(4)5)9-8-10(2)3/h1,10,12,14H,4,8-9H2,2-3,5-6H3. The first kappa shape index (κ1) is 13.3. The number of rotatable bonds is 5. The molecule has 80 valence electrons. The summed E-state index contributed by atoms with van der Waals surface area (Å²) in [5.74, 6) is 3.08. The van der Waals surface area contributed by atoms with E-state index in [1.807, 2.05) is 6.92 Å². The lowest BCUT2D eigenvalue weighted by molar-refractivity contribution is 0.0661. The van der Waals surface area contributed by atoms with Gasteiger partial charge in [-0.2, -0.15) is 0 Å². The van der Waals surface area contributed by atoms with E-state index in [1.165, 1.54) is 0 Å². The van der Waals surface area contributed by atoms with Crippen molar-refractivity contribution in [3.63, 3.8) is 0 Å². The molecule has 0 aliphatic heterocycles. The fourth-order valence-corrected chi connectivity index (χ4v) is 1.61. The number of aliphatic hydroxyl groups is 1.